The summed E-state index contributed by atoms with van der Waals surface area (Å²) in [6.45, 7) is 9.16. The molecule has 4 heteroatoms. The molecule has 4 nitrogen and oxygen atoms in total. The van der Waals surface area contributed by atoms with Gasteiger partial charge in [0.2, 0.25) is 0 Å². The fourth-order valence-corrected chi connectivity index (χ4v) is 1.64. The quantitative estimate of drug-likeness (QED) is 0.671. The van der Waals surface area contributed by atoms with E-state index in [4.69, 9.17) is 14.2 Å². The first-order valence-corrected chi connectivity index (χ1v) is 5.35. The van der Waals surface area contributed by atoms with Crippen LogP contribution in [0.15, 0.2) is 0 Å². The molecule has 0 bridgehead atoms. The topological polar surface area (TPSA) is 44.8 Å². The summed E-state index contributed by atoms with van der Waals surface area (Å²) < 4.78 is 16.0. The summed E-state index contributed by atoms with van der Waals surface area (Å²) in [6, 6.07) is 0. The summed E-state index contributed by atoms with van der Waals surface area (Å²) in [7, 11) is 0. The average molecular weight is 216 g/mol. The fraction of sp³-hybridized carbons (Fsp3) is 0.909. The first-order chi connectivity index (χ1) is 6.91. The maximum atomic E-state index is 11.4. The lowest BCUT2D eigenvalue weighted by atomic mass is 9.81. The summed E-state index contributed by atoms with van der Waals surface area (Å²) in [5, 5.41) is 0. The van der Waals surface area contributed by atoms with E-state index in [2.05, 4.69) is 0 Å². The highest BCUT2D eigenvalue weighted by atomic mass is 16.7. The van der Waals surface area contributed by atoms with Gasteiger partial charge in [-0.05, 0) is 13.8 Å². The third-order valence-corrected chi connectivity index (χ3v) is 2.96. The summed E-state index contributed by atoms with van der Waals surface area (Å²) in [5.41, 5.74) is -0.379. The number of hydrogen-bond acceptors (Lipinski definition) is 4. The van der Waals surface area contributed by atoms with Gasteiger partial charge < -0.3 is 14.2 Å². The van der Waals surface area contributed by atoms with Gasteiger partial charge in [-0.25, -0.2) is 0 Å². The van der Waals surface area contributed by atoms with Gasteiger partial charge in [0.25, 0.3) is 0 Å². The van der Waals surface area contributed by atoms with Crippen molar-refractivity contribution in [3.63, 3.8) is 0 Å². The van der Waals surface area contributed by atoms with Crippen molar-refractivity contribution < 1.29 is 19.0 Å². The van der Waals surface area contributed by atoms with Gasteiger partial charge in [0.15, 0.2) is 5.79 Å². The number of carbonyl (C=O) groups is 1. The van der Waals surface area contributed by atoms with E-state index in [1.807, 2.05) is 20.8 Å². The van der Waals surface area contributed by atoms with Gasteiger partial charge in [0.05, 0.1) is 26.2 Å². The third-order valence-electron chi connectivity index (χ3n) is 2.96. The maximum absolute atomic E-state index is 11.4. The monoisotopic (exact) mass is 216 g/mol. The molecule has 0 atom stereocenters. The summed E-state index contributed by atoms with van der Waals surface area (Å²) in [4.78, 5) is 11.4. The van der Waals surface area contributed by atoms with Crippen LogP contribution in [0.3, 0.4) is 0 Å². The summed E-state index contributed by atoms with van der Waals surface area (Å²) in [6.07, 6.45) is 0.303. The van der Waals surface area contributed by atoms with Crippen LogP contribution in [-0.2, 0) is 19.0 Å². The molecule has 0 unspecified atom stereocenters. The van der Waals surface area contributed by atoms with Crippen LogP contribution in [0.5, 0.6) is 0 Å². The Balaban J connectivity index is 2.61. The molecule has 1 aliphatic rings. The largest absolute Gasteiger partial charge is 0.466 e. The molecule has 1 aliphatic heterocycles. The molecule has 1 heterocycles. The van der Waals surface area contributed by atoms with Crippen molar-refractivity contribution in [3.8, 4) is 0 Å². The van der Waals surface area contributed by atoms with Crippen molar-refractivity contribution in [1.82, 2.24) is 0 Å². The van der Waals surface area contributed by atoms with E-state index in [0.29, 0.717) is 26.2 Å². The second-order valence-electron chi connectivity index (χ2n) is 4.51. The lowest BCUT2D eigenvalue weighted by Crippen LogP contribution is -2.44. The Hall–Kier alpha value is -0.610. The van der Waals surface area contributed by atoms with E-state index in [0.717, 1.165) is 0 Å². The molecule has 0 saturated carbocycles. The van der Waals surface area contributed by atoms with E-state index in [1.165, 1.54) is 0 Å². The van der Waals surface area contributed by atoms with Gasteiger partial charge in [0.1, 0.15) is 0 Å². The van der Waals surface area contributed by atoms with Gasteiger partial charge in [-0.3, -0.25) is 4.79 Å². The smallest absolute Gasteiger partial charge is 0.306 e. The third kappa shape index (κ3) is 2.69. The summed E-state index contributed by atoms with van der Waals surface area (Å²) >= 11 is 0. The minimum atomic E-state index is -0.681. The zero-order valence-corrected chi connectivity index (χ0v) is 9.96. The molecule has 88 valence electrons. The zero-order valence-electron chi connectivity index (χ0n) is 9.96. The maximum Gasteiger partial charge on any atom is 0.306 e. The van der Waals surface area contributed by atoms with Gasteiger partial charge in [-0.15, -0.1) is 0 Å². The fourth-order valence-electron chi connectivity index (χ4n) is 1.64. The molecule has 1 rings (SSSR count). The van der Waals surface area contributed by atoms with Crippen LogP contribution >= 0.6 is 0 Å². The standard InChI is InChI=1S/C11H20O4/c1-5-13-9(12)8-10(2,3)11(4)14-6-7-15-11/h5-8H2,1-4H3. The number of rotatable bonds is 4. The second kappa shape index (κ2) is 4.49. The van der Waals surface area contributed by atoms with E-state index < -0.39 is 5.79 Å². The Kier molecular flexibility index (Phi) is 3.73. The van der Waals surface area contributed by atoms with Crippen LogP contribution in [0.2, 0.25) is 0 Å². The SMILES string of the molecule is CCOC(=O)CC(C)(C)C1(C)OCCO1. The van der Waals surface area contributed by atoms with E-state index in [1.54, 1.807) is 6.92 Å². The number of carbonyl (C=O) groups excluding carboxylic acids is 1. The Labute approximate surface area is 90.9 Å². The number of esters is 1. The van der Waals surface area contributed by atoms with Crippen molar-refractivity contribution >= 4 is 5.97 Å². The number of ether oxygens (including phenoxy) is 3. The molecule has 0 aromatic carbocycles. The van der Waals surface area contributed by atoms with Crippen LogP contribution < -0.4 is 0 Å². The first kappa shape index (κ1) is 12.5. The predicted octanol–water partition coefficient (Wildman–Crippen LogP) is 1.73. The normalized spacial score (nSPS) is 20.3. The Morgan fingerprint density at radius 3 is 2.40 bits per heavy atom. The van der Waals surface area contributed by atoms with Crippen LogP contribution in [-0.4, -0.2) is 31.6 Å². The van der Waals surface area contributed by atoms with Crippen molar-refractivity contribution in [3.05, 3.63) is 0 Å². The van der Waals surface area contributed by atoms with Crippen LogP contribution in [0.1, 0.15) is 34.1 Å². The average Bonchev–Trinajstić information content (AvgIpc) is 2.53. The van der Waals surface area contributed by atoms with E-state index in [9.17, 15) is 4.79 Å². The Morgan fingerprint density at radius 1 is 1.40 bits per heavy atom. The minimum absolute atomic E-state index is 0.206. The van der Waals surface area contributed by atoms with Crippen LogP contribution in [0.4, 0.5) is 0 Å². The molecule has 0 aromatic rings. The minimum Gasteiger partial charge on any atom is -0.466 e. The molecule has 15 heavy (non-hydrogen) atoms. The van der Waals surface area contributed by atoms with Crippen molar-refractivity contribution in [1.29, 1.82) is 0 Å². The van der Waals surface area contributed by atoms with Gasteiger partial charge in [-0.2, -0.15) is 0 Å². The molecule has 0 amide bonds. The van der Waals surface area contributed by atoms with Crippen molar-refractivity contribution in [2.45, 2.75) is 39.9 Å². The van der Waals surface area contributed by atoms with E-state index in [-0.39, 0.29) is 11.4 Å². The van der Waals surface area contributed by atoms with Gasteiger partial charge in [0, 0.05) is 5.41 Å². The molecular formula is C11H20O4. The summed E-state index contributed by atoms with van der Waals surface area (Å²) in [5.74, 6) is -0.887. The highest BCUT2D eigenvalue weighted by Gasteiger charge is 2.47. The highest BCUT2D eigenvalue weighted by Crippen LogP contribution is 2.40. The van der Waals surface area contributed by atoms with E-state index >= 15 is 0 Å². The Morgan fingerprint density at radius 2 is 1.93 bits per heavy atom. The lowest BCUT2D eigenvalue weighted by molar-refractivity contribution is -0.219. The molecule has 0 N–H and O–H groups in total. The second-order valence-corrected chi connectivity index (χ2v) is 4.51. The highest BCUT2D eigenvalue weighted by molar-refractivity contribution is 5.70. The lowest BCUT2D eigenvalue weighted by Gasteiger charge is -2.38. The van der Waals surface area contributed by atoms with Crippen LogP contribution in [0, 0.1) is 5.41 Å². The molecule has 0 spiro atoms. The molecule has 1 fully saturated rings. The molecule has 0 aromatic heterocycles. The molecule has 0 radical (unpaired) electrons. The predicted molar refractivity (Wildman–Crippen MR) is 55.3 cm³/mol. The van der Waals surface area contributed by atoms with Crippen LogP contribution in [0.25, 0.3) is 0 Å². The van der Waals surface area contributed by atoms with Crippen molar-refractivity contribution in [2.75, 3.05) is 19.8 Å². The van der Waals surface area contributed by atoms with Gasteiger partial charge >= 0.3 is 5.97 Å². The molecule has 1 saturated heterocycles. The number of hydrogen-bond donors (Lipinski definition) is 0. The zero-order chi connectivity index (χ0) is 11.5. The van der Waals surface area contributed by atoms with Crippen molar-refractivity contribution in [2.24, 2.45) is 5.41 Å². The first-order valence-electron chi connectivity index (χ1n) is 5.35. The van der Waals surface area contributed by atoms with Gasteiger partial charge in [-0.1, -0.05) is 13.8 Å². The Bertz CT molecular complexity index is 229. The molecule has 0 aliphatic carbocycles. The molecular weight excluding hydrogens is 196 g/mol.